The molecule has 0 radical (unpaired) electrons. The molecule has 1 fully saturated rings. The normalized spacial score (nSPS) is 21.1. The van der Waals surface area contributed by atoms with Crippen molar-refractivity contribution >= 4 is 17.5 Å². The number of nitrogens with zero attached hydrogens (tertiary/aromatic N) is 1. The van der Waals surface area contributed by atoms with Gasteiger partial charge >= 0.3 is 0 Å². The molecule has 18 heavy (non-hydrogen) atoms. The number of hydrogen-bond acceptors (Lipinski definition) is 3. The Bertz CT molecular complexity index is 421. The van der Waals surface area contributed by atoms with E-state index in [-0.39, 0.29) is 12.3 Å². The Hall–Kier alpha value is -1.10. The van der Waals surface area contributed by atoms with Crippen LogP contribution in [0.25, 0.3) is 0 Å². The van der Waals surface area contributed by atoms with E-state index in [1.54, 1.807) is 29.2 Å². The van der Waals surface area contributed by atoms with Gasteiger partial charge in [-0.2, -0.15) is 0 Å². The van der Waals surface area contributed by atoms with Gasteiger partial charge in [0.2, 0.25) is 5.91 Å². The van der Waals surface area contributed by atoms with Crippen LogP contribution >= 0.6 is 11.6 Å². The summed E-state index contributed by atoms with van der Waals surface area (Å²) < 4.78 is 0. The van der Waals surface area contributed by atoms with Crippen molar-refractivity contribution < 1.29 is 15.0 Å². The summed E-state index contributed by atoms with van der Waals surface area (Å²) in [4.78, 5) is 13.5. The lowest BCUT2D eigenvalue weighted by Crippen LogP contribution is -2.30. The first kappa shape index (κ1) is 13.3. The molecule has 0 bridgehead atoms. The van der Waals surface area contributed by atoms with Gasteiger partial charge in [-0.05, 0) is 24.1 Å². The lowest BCUT2D eigenvalue weighted by atomic mass is 10.1. The standard InChI is InChI=1S/C13H16ClNO3/c14-10-3-1-9(2-4-10)12(17)7-13(18)15-6-5-11(16)8-15/h1-4,11-12,16-17H,5-8H2/t11-,12?/m1/s1. The molecule has 0 aromatic heterocycles. The highest BCUT2D eigenvalue weighted by Crippen LogP contribution is 2.21. The van der Waals surface area contributed by atoms with Crippen LogP contribution in [0.4, 0.5) is 0 Å². The average molecular weight is 270 g/mol. The number of β-amino-alcohol motifs (C(OH)–C–C–N with tert-alkyl or cyclic N) is 1. The van der Waals surface area contributed by atoms with Gasteiger partial charge in [-0.3, -0.25) is 4.79 Å². The molecule has 2 N–H and O–H groups in total. The van der Waals surface area contributed by atoms with E-state index >= 15 is 0 Å². The van der Waals surface area contributed by atoms with Crippen LogP contribution in [0, 0.1) is 0 Å². The lowest BCUT2D eigenvalue weighted by molar-refractivity contribution is -0.132. The largest absolute Gasteiger partial charge is 0.391 e. The summed E-state index contributed by atoms with van der Waals surface area (Å²) in [6.45, 7) is 0.930. The minimum atomic E-state index is -0.826. The third-order valence-electron chi connectivity index (χ3n) is 3.14. The second-order valence-corrected chi connectivity index (χ2v) is 4.99. The first-order valence-electron chi connectivity index (χ1n) is 5.95. The molecule has 2 rings (SSSR count). The summed E-state index contributed by atoms with van der Waals surface area (Å²) in [6.07, 6.45) is -0.605. The van der Waals surface area contributed by atoms with Gasteiger partial charge in [-0.15, -0.1) is 0 Å². The smallest absolute Gasteiger partial charge is 0.225 e. The number of halogens is 1. The Kier molecular flexibility index (Phi) is 4.22. The van der Waals surface area contributed by atoms with Crippen LogP contribution in [0.3, 0.4) is 0 Å². The molecule has 5 heteroatoms. The summed E-state index contributed by atoms with van der Waals surface area (Å²) in [5.74, 6) is -0.131. The first-order valence-corrected chi connectivity index (χ1v) is 6.33. The minimum Gasteiger partial charge on any atom is -0.391 e. The maximum atomic E-state index is 11.9. The molecule has 1 aliphatic heterocycles. The van der Waals surface area contributed by atoms with Gasteiger partial charge in [0.25, 0.3) is 0 Å². The van der Waals surface area contributed by atoms with E-state index in [0.717, 1.165) is 0 Å². The summed E-state index contributed by atoms with van der Waals surface area (Å²) >= 11 is 5.76. The Labute approximate surface area is 111 Å². The molecule has 1 aliphatic rings. The fourth-order valence-corrected chi connectivity index (χ4v) is 2.19. The van der Waals surface area contributed by atoms with Crippen molar-refractivity contribution in [3.8, 4) is 0 Å². The summed E-state index contributed by atoms with van der Waals surface area (Å²) in [5, 5.41) is 19.9. The van der Waals surface area contributed by atoms with E-state index in [9.17, 15) is 15.0 Å². The van der Waals surface area contributed by atoms with Gasteiger partial charge in [0, 0.05) is 18.1 Å². The Morgan fingerprint density at radius 3 is 2.67 bits per heavy atom. The molecule has 2 atom stereocenters. The monoisotopic (exact) mass is 269 g/mol. The van der Waals surface area contributed by atoms with Crippen LogP contribution in [0.1, 0.15) is 24.5 Å². The number of carbonyl (C=O) groups excluding carboxylic acids is 1. The van der Waals surface area contributed by atoms with E-state index in [1.165, 1.54) is 0 Å². The number of aliphatic hydroxyl groups is 2. The number of benzene rings is 1. The van der Waals surface area contributed by atoms with Gasteiger partial charge < -0.3 is 15.1 Å². The molecular weight excluding hydrogens is 254 g/mol. The fraction of sp³-hybridized carbons (Fsp3) is 0.462. The quantitative estimate of drug-likeness (QED) is 0.871. The maximum absolute atomic E-state index is 11.9. The predicted molar refractivity (Wildman–Crippen MR) is 68.2 cm³/mol. The number of carbonyl (C=O) groups is 1. The van der Waals surface area contributed by atoms with Crippen molar-refractivity contribution in [1.29, 1.82) is 0 Å². The maximum Gasteiger partial charge on any atom is 0.225 e. The van der Waals surface area contributed by atoms with Crippen molar-refractivity contribution in [2.75, 3.05) is 13.1 Å². The topological polar surface area (TPSA) is 60.8 Å². The van der Waals surface area contributed by atoms with Gasteiger partial charge in [0.05, 0.1) is 18.6 Å². The molecule has 1 aromatic rings. The average Bonchev–Trinajstić information content (AvgIpc) is 2.76. The number of aliphatic hydroxyl groups excluding tert-OH is 2. The van der Waals surface area contributed by atoms with E-state index in [0.29, 0.717) is 30.1 Å². The van der Waals surface area contributed by atoms with E-state index in [2.05, 4.69) is 0 Å². The zero-order valence-electron chi connectivity index (χ0n) is 9.92. The summed E-state index contributed by atoms with van der Waals surface area (Å²) in [7, 11) is 0. The second-order valence-electron chi connectivity index (χ2n) is 4.55. The van der Waals surface area contributed by atoms with Crippen molar-refractivity contribution in [1.82, 2.24) is 4.90 Å². The van der Waals surface area contributed by atoms with Gasteiger partial charge in [-0.25, -0.2) is 0 Å². The zero-order valence-corrected chi connectivity index (χ0v) is 10.7. The molecular formula is C13H16ClNO3. The molecule has 4 nitrogen and oxygen atoms in total. The number of rotatable bonds is 3. The molecule has 1 heterocycles. The molecule has 1 saturated heterocycles. The fourth-order valence-electron chi connectivity index (χ4n) is 2.07. The van der Waals surface area contributed by atoms with Gasteiger partial charge in [0.15, 0.2) is 0 Å². The summed E-state index contributed by atoms with van der Waals surface area (Å²) in [6, 6.07) is 6.78. The highest BCUT2D eigenvalue weighted by molar-refractivity contribution is 6.30. The summed E-state index contributed by atoms with van der Waals surface area (Å²) in [5.41, 5.74) is 0.674. The van der Waals surface area contributed by atoms with Gasteiger partial charge in [0.1, 0.15) is 0 Å². The third kappa shape index (κ3) is 3.22. The Morgan fingerprint density at radius 1 is 1.44 bits per heavy atom. The molecule has 0 saturated carbocycles. The van der Waals surface area contributed by atoms with Crippen LogP contribution in [0.15, 0.2) is 24.3 Å². The SMILES string of the molecule is O=C(CC(O)c1ccc(Cl)cc1)N1CC[C@@H](O)C1. The van der Waals surface area contributed by atoms with Crippen LogP contribution in [-0.2, 0) is 4.79 Å². The predicted octanol–water partition coefficient (Wildman–Crippen LogP) is 1.36. The van der Waals surface area contributed by atoms with Crippen LogP contribution < -0.4 is 0 Å². The minimum absolute atomic E-state index is 0.0361. The molecule has 1 unspecified atom stereocenters. The number of amides is 1. The molecule has 1 aromatic carbocycles. The van der Waals surface area contributed by atoms with Crippen LogP contribution in [0.5, 0.6) is 0 Å². The van der Waals surface area contributed by atoms with E-state index in [4.69, 9.17) is 11.6 Å². The number of hydrogen-bond donors (Lipinski definition) is 2. The highest BCUT2D eigenvalue weighted by atomic mass is 35.5. The van der Waals surface area contributed by atoms with Crippen molar-refractivity contribution in [3.63, 3.8) is 0 Å². The number of likely N-dealkylation sites (tertiary alicyclic amines) is 1. The van der Waals surface area contributed by atoms with Crippen LogP contribution in [0.2, 0.25) is 5.02 Å². The van der Waals surface area contributed by atoms with Crippen LogP contribution in [-0.4, -0.2) is 40.2 Å². The molecule has 1 amide bonds. The highest BCUT2D eigenvalue weighted by Gasteiger charge is 2.26. The van der Waals surface area contributed by atoms with Gasteiger partial charge in [-0.1, -0.05) is 23.7 Å². The molecule has 98 valence electrons. The first-order chi connectivity index (χ1) is 8.56. The van der Waals surface area contributed by atoms with Crippen molar-refractivity contribution in [3.05, 3.63) is 34.9 Å². The zero-order chi connectivity index (χ0) is 13.1. The second kappa shape index (κ2) is 5.69. The van der Waals surface area contributed by atoms with Crippen molar-refractivity contribution in [2.45, 2.75) is 25.0 Å². The van der Waals surface area contributed by atoms with Crippen molar-refractivity contribution in [2.24, 2.45) is 0 Å². The van der Waals surface area contributed by atoms with E-state index in [1.807, 2.05) is 0 Å². The Balaban J connectivity index is 1.92. The Morgan fingerprint density at radius 2 is 2.11 bits per heavy atom. The van der Waals surface area contributed by atoms with E-state index < -0.39 is 12.2 Å². The lowest BCUT2D eigenvalue weighted by Gasteiger charge is -2.18. The molecule has 0 spiro atoms. The molecule has 0 aliphatic carbocycles. The third-order valence-corrected chi connectivity index (χ3v) is 3.39.